The molecule has 1 aromatic carbocycles. The van der Waals surface area contributed by atoms with Crippen molar-refractivity contribution in [2.75, 3.05) is 19.3 Å². The highest BCUT2D eigenvalue weighted by atomic mass is 79.9. The number of hydroxylamine groups is 2. The molecule has 3 rings (SSSR count). The number of carbonyl (C=O) groups excluding carboxylic acids is 2. The standard InChI is InChI=1S/C18H14BrF2N3O5S2/c1-31(28,29)22-4-2-3-10-5-12(20)16(13(21)6-10)18(26)23-8-15(25)24(27)17(23)14-7-11(19)9-30-14/h5-7,9,17,22,27H,4,8H2,1H3. The van der Waals surface area contributed by atoms with Crippen molar-refractivity contribution in [1.29, 1.82) is 0 Å². The van der Waals surface area contributed by atoms with Gasteiger partial charge in [0, 0.05) is 15.4 Å². The second kappa shape index (κ2) is 9.01. The van der Waals surface area contributed by atoms with Gasteiger partial charge in [-0.15, -0.1) is 11.3 Å². The highest BCUT2D eigenvalue weighted by Gasteiger charge is 2.43. The van der Waals surface area contributed by atoms with Crippen molar-refractivity contribution in [1.82, 2.24) is 14.7 Å². The fraction of sp³-hybridized carbons (Fsp3) is 0.222. The van der Waals surface area contributed by atoms with Gasteiger partial charge in [-0.05, 0) is 34.1 Å². The number of hydrogen-bond donors (Lipinski definition) is 2. The Labute approximate surface area is 188 Å². The molecule has 1 aromatic heterocycles. The van der Waals surface area contributed by atoms with Gasteiger partial charge < -0.3 is 4.90 Å². The average molecular weight is 534 g/mol. The van der Waals surface area contributed by atoms with Crippen LogP contribution in [0.15, 0.2) is 28.1 Å². The zero-order valence-corrected chi connectivity index (χ0v) is 18.9. The summed E-state index contributed by atoms with van der Waals surface area (Å²) in [4.78, 5) is 26.1. The van der Waals surface area contributed by atoms with Crippen LogP contribution in [0.2, 0.25) is 0 Å². The van der Waals surface area contributed by atoms with Crippen molar-refractivity contribution in [3.63, 3.8) is 0 Å². The fourth-order valence-electron chi connectivity index (χ4n) is 2.80. The van der Waals surface area contributed by atoms with Crippen molar-refractivity contribution in [2.24, 2.45) is 0 Å². The summed E-state index contributed by atoms with van der Waals surface area (Å²) in [6.07, 6.45) is -0.288. The Morgan fingerprint density at radius 1 is 1.35 bits per heavy atom. The molecule has 0 aliphatic carbocycles. The van der Waals surface area contributed by atoms with E-state index in [-0.39, 0.29) is 12.1 Å². The van der Waals surface area contributed by atoms with Gasteiger partial charge in [-0.2, -0.15) is 5.06 Å². The number of amides is 2. The summed E-state index contributed by atoms with van der Waals surface area (Å²) in [5.41, 5.74) is -1.01. The predicted molar refractivity (Wildman–Crippen MR) is 111 cm³/mol. The van der Waals surface area contributed by atoms with Crippen molar-refractivity contribution in [3.8, 4) is 11.8 Å². The first-order valence-electron chi connectivity index (χ1n) is 8.46. The zero-order chi connectivity index (χ0) is 22.9. The summed E-state index contributed by atoms with van der Waals surface area (Å²) in [6, 6.07) is 3.23. The molecule has 0 bridgehead atoms. The third-order valence-electron chi connectivity index (χ3n) is 4.10. The fourth-order valence-corrected chi connectivity index (χ4v) is 4.67. The number of thiophene rings is 1. The van der Waals surface area contributed by atoms with Crippen LogP contribution in [-0.2, 0) is 14.8 Å². The van der Waals surface area contributed by atoms with Crippen molar-refractivity contribution in [3.05, 3.63) is 55.7 Å². The number of sulfonamides is 1. The monoisotopic (exact) mass is 533 g/mol. The number of hydrogen-bond acceptors (Lipinski definition) is 6. The van der Waals surface area contributed by atoms with E-state index in [0.29, 0.717) is 14.4 Å². The van der Waals surface area contributed by atoms with Gasteiger partial charge >= 0.3 is 0 Å². The third kappa shape index (κ3) is 5.28. The predicted octanol–water partition coefficient (Wildman–Crippen LogP) is 2.06. The first-order chi connectivity index (χ1) is 14.5. The summed E-state index contributed by atoms with van der Waals surface area (Å²) in [5, 5.41) is 12.1. The Morgan fingerprint density at radius 2 is 2.00 bits per heavy atom. The van der Waals surface area contributed by atoms with Crippen LogP contribution in [0.5, 0.6) is 0 Å². The Morgan fingerprint density at radius 3 is 2.55 bits per heavy atom. The number of nitrogens with one attached hydrogen (secondary N) is 1. The third-order valence-corrected chi connectivity index (χ3v) is 6.50. The quantitative estimate of drug-likeness (QED) is 0.462. The minimum atomic E-state index is -3.46. The smallest absolute Gasteiger partial charge is 0.268 e. The number of rotatable bonds is 4. The minimum absolute atomic E-state index is 0.109. The van der Waals surface area contributed by atoms with Crippen LogP contribution in [0.25, 0.3) is 0 Å². The number of carbonyl (C=O) groups is 2. The maximum absolute atomic E-state index is 14.6. The molecule has 1 atom stereocenters. The van der Waals surface area contributed by atoms with E-state index in [0.717, 1.165) is 34.6 Å². The molecule has 13 heteroatoms. The summed E-state index contributed by atoms with van der Waals surface area (Å²) >= 11 is 4.38. The maximum atomic E-state index is 14.6. The lowest BCUT2D eigenvalue weighted by molar-refractivity contribution is -0.168. The van der Waals surface area contributed by atoms with Gasteiger partial charge in [0.2, 0.25) is 10.0 Å². The normalized spacial score (nSPS) is 16.4. The van der Waals surface area contributed by atoms with E-state index in [1.807, 2.05) is 0 Å². The number of halogens is 3. The van der Waals surface area contributed by atoms with Gasteiger partial charge in [0.05, 0.1) is 17.7 Å². The molecular formula is C18H14BrF2N3O5S2. The topological polar surface area (TPSA) is 107 Å². The molecule has 0 saturated carbocycles. The Balaban J connectivity index is 1.89. The summed E-state index contributed by atoms with van der Waals surface area (Å²) < 4.78 is 53.9. The van der Waals surface area contributed by atoms with Crippen LogP contribution in [0, 0.1) is 23.5 Å². The van der Waals surface area contributed by atoms with Crippen molar-refractivity contribution in [2.45, 2.75) is 6.17 Å². The first kappa shape index (κ1) is 23.3. The lowest BCUT2D eigenvalue weighted by Gasteiger charge is -2.25. The Hall–Kier alpha value is -2.37. The molecule has 2 N–H and O–H groups in total. The van der Waals surface area contributed by atoms with E-state index in [9.17, 15) is 32.0 Å². The van der Waals surface area contributed by atoms with Crippen LogP contribution in [-0.4, -0.2) is 54.7 Å². The van der Waals surface area contributed by atoms with Crippen LogP contribution in [0.3, 0.4) is 0 Å². The summed E-state index contributed by atoms with van der Waals surface area (Å²) in [7, 11) is -3.46. The molecule has 164 valence electrons. The molecule has 1 unspecified atom stereocenters. The van der Waals surface area contributed by atoms with Crippen LogP contribution in [0.1, 0.15) is 27.0 Å². The molecule has 2 aromatic rings. The van der Waals surface area contributed by atoms with Gasteiger partial charge in [0.25, 0.3) is 11.8 Å². The molecule has 1 saturated heterocycles. The van der Waals surface area contributed by atoms with E-state index in [4.69, 9.17) is 0 Å². The van der Waals surface area contributed by atoms with Crippen molar-refractivity contribution >= 4 is 49.1 Å². The molecule has 0 radical (unpaired) electrons. The second-order valence-corrected chi connectivity index (χ2v) is 10.1. The minimum Gasteiger partial charge on any atom is -0.302 e. The van der Waals surface area contributed by atoms with Gasteiger partial charge in [-0.3, -0.25) is 14.8 Å². The van der Waals surface area contributed by atoms with Crippen LogP contribution < -0.4 is 4.72 Å². The van der Waals surface area contributed by atoms with E-state index < -0.39 is 51.7 Å². The van der Waals surface area contributed by atoms with Crippen LogP contribution >= 0.6 is 27.3 Å². The molecule has 8 nitrogen and oxygen atoms in total. The van der Waals surface area contributed by atoms with Crippen molar-refractivity contribution < 1.29 is 32.0 Å². The van der Waals surface area contributed by atoms with Gasteiger partial charge in [0.15, 0.2) is 6.17 Å². The van der Waals surface area contributed by atoms with E-state index in [1.54, 1.807) is 11.4 Å². The average Bonchev–Trinajstić information content (AvgIpc) is 3.20. The zero-order valence-electron chi connectivity index (χ0n) is 15.7. The molecule has 1 aliphatic heterocycles. The van der Waals surface area contributed by atoms with Crippen LogP contribution in [0.4, 0.5) is 8.78 Å². The van der Waals surface area contributed by atoms with Gasteiger partial charge in [-0.1, -0.05) is 11.8 Å². The lowest BCUT2D eigenvalue weighted by atomic mass is 10.1. The van der Waals surface area contributed by atoms with Gasteiger partial charge in [0.1, 0.15) is 23.7 Å². The molecule has 2 heterocycles. The highest BCUT2D eigenvalue weighted by Crippen LogP contribution is 2.36. The SMILES string of the molecule is CS(=O)(=O)NCC#Cc1cc(F)c(C(=O)N2CC(=O)N(O)C2c2cc(Br)cs2)c(F)c1. The Kier molecular flexibility index (Phi) is 6.77. The first-order valence-corrected chi connectivity index (χ1v) is 12.0. The Bertz CT molecular complexity index is 1200. The summed E-state index contributed by atoms with van der Waals surface area (Å²) in [6.45, 7) is -0.823. The largest absolute Gasteiger partial charge is 0.302 e. The van der Waals surface area contributed by atoms with E-state index in [2.05, 4.69) is 32.5 Å². The van der Waals surface area contributed by atoms with E-state index >= 15 is 0 Å². The number of benzene rings is 1. The molecule has 0 spiro atoms. The second-order valence-electron chi connectivity index (χ2n) is 6.42. The maximum Gasteiger partial charge on any atom is 0.268 e. The molecule has 1 aliphatic rings. The molecule has 1 fully saturated rings. The molecule has 2 amide bonds. The molecule has 31 heavy (non-hydrogen) atoms. The molecular weight excluding hydrogens is 520 g/mol. The number of nitrogens with zero attached hydrogens (tertiary/aromatic N) is 2. The lowest BCUT2D eigenvalue weighted by Crippen LogP contribution is -2.35. The highest BCUT2D eigenvalue weighted by molar-refractivity contribution is 9.10. The summed E-state index contributed by atoms with van der Waals surface area (Å²) in [5.74, 6) is 0.466. The van der Waals surface area contributed by atoms with Gasteiger partial charge in [-0.25, -0.2) is 21.9 Å². The van der Waals surface area contributed by atoms with E-state index in [1.165, 1.54) is 0 Å².